The molecular formula is C19H20N4O3. The zero-order chi connectivity index (χ0) is 18.1. The summed E-state index contributed by atoms with van der Waals surface area (Å²) in [6.45, 7) is 4.92. The van der Waals surface area contributed by atoms with Crippen LogP contribution in [0, 0.1) is 0 Å². The summed E-state index contributed by atoms with van der Waals surface area (Å²) in [7, 11) is 1.66. The van der Waals surface area contributed by atoms with Gasteiger partial charge in [-0.1, -0.05) is 18.1 Å². The van der Waals surface area contributed by atoms with Gasteiger partial charge in [0, 0.05) is 29.9 Å². The standard InChI is InChI=1S/C19H20N4O3/c1-4-15-22-19(26-23-15)18-11(10-24-3)16-13(9-20-18)21-12-7-6-8-14(17(12)16)25-5-2/h6-9,21H,4-5,10H2,1-3H3. The van der Waals surface area contributed by atoms with Crippen molar-refractivity contribution in [3.8, 4) is 17.3 Å². The first-order valence-corrected chi connectivity index (χ1v) is 8.63. The molecule has 0 aliphatic carbocycles. The van der Waals surface area contributed by atoms with E-state index in [9.17, 15) is 0 Å². The Morgan fingerprint density at radius 3 is 2.77 bits per heavy atom. The second-order valence-electron chi connectivity index (χ2n) is 5.91. The maximum absolute atomic E-state index is 5.85. The normalized spacial score (nSPS) is 11.5. The second kappa shape index (κ2) is 6.76. The fourth-order valence-corrected chi connectivity index (χ4v) is 3.21. The Bertz CT molecular complexity index is 1070. The molecule has 0 amide bonds. The number of fused-ring (bicyclic) bond motifs is 3. The number of aromatic amines is 1. The van der Waals surface area contributed by atoms with Gasteiger partial charge in [-0.2, -0.15) is 4.98 Å². The largest absolute Gasteiger partial charge is 0.493 e. The molecule has 0 aliphatic rings. The van der Waals surface area contributed by atoms with Crippen LogP contribution in [0.25, 0.3) is 33.4 Å². The number of hydrogen-bond acceptors (Lipinski definition) is 6. The molecule has 0 saturated heterocycles. The van der Waals surface area contributed by atoms with Gasteiger partial charge < -0.3 is 19.0 Å². The molecule has 0 spiro atoms. The van der Waals surface area contributed by atoms with E-state index in [4.69, 9.17) is 14.0 Å². The molecule has 0 radical (unpaired) electrons. The van der Waals surface area contributed by atoms with Gasteiger partial charge in [-0.25, -0.2) is 4.98 Å². The van der Waals surface area contributed by atoms with Gasteiger partial charge >= 0.3 is 0 Å². The molecule has 0 fully saturated rings. The van der Waals surface area contributed by atoms with Crippen molar-refractivity contribution >= 4 is 21.8 Å². The average Bonchev–Trinajstić information content (AvgIpc) is 3.27. The monoisotopic (exact) mass is 352 g/mol. The van der Waals surface area contributed by atoms with Gasteiger partial charge in [0.05, 0.1) is 30.4 Å². The van der Waals surface area contributed by atoms with Crippen molar-refractivity contribution in [1.29, 1.82) is 0 Å². The van der Waals surface area contributed by atoms with E-state index in [1.807, 2.05) is 32.0 Å². The van der Waals surface area contributed by atoms with Crippen LogP contribution >= 0.6 is 0 Å². The Labute approximate surface area is 150 Å². The summed E-state index contributed by atoms with van der Waals surface area (Å²) in [5.74, 6) is 1.88. The Kier molecular flexibility index (Phi) is 4.30. The van der Waals surface area contributed by atoms with Crippen molar-refractivity contribution in [2.24, 2.45) is 0 Å². The van der Waals surface area contributed by atoms with E-state index in [-0.39, 0.29) is 0 Å². The fourth-order valence-electron chi connectivity index (χ4n) is 3.21. The molecule has 4 rings (SSSR count). The van der Waals surface area contributed by atoms with Crippen LogP contribution in [0.1, 0.15) is 25.2 Å². The first-order chi connectivity index (χ1) is 12.8. The van der Waals surface area contributed by atoms with Crippen LogP contribution in [-0.2, 0) is 17.8 Å². The third kappa shape index (κ3) is 2.61. The number of rotatable bonds is 6. The zero-order valence-electron chi connectivity index (χ0n) is 15.0. The predicted molar refractivity (Wildman–Crippen MR) is 98.2 cm³/mol. The minimum absolute atomic E-state index is 0.372. The van der Waals surface area contributed by atoms with Crippen LogP contribution in [0.2, 0.25) is 0 Å². The summed E-state index contributed by atoms with van der Waals surface area (Å²) in [4.78, 5) is 12.4. The quantitative estimate of drug-likeness (QED) is 0.567. The number of H-pyrrole nitrogens is 1. The van der Waals surface area contributed by atoms with Gasteiger partial charge in [-0.05, 0) is 19.1 Å². The number of methoxy groups -OCH3 is 1. The molecule has 134 valence electrons. The van der Waals surface area contributed by atoms with Crippen molar-refractivity contribution in [3.63, 3.8) is 0 Å². The summed E-state index contributed by atoms with van der Waals surface area (Å²) in [5, 5.41) is 6.01. The molecule has 3 heterocycles. The average molecular weight is 352 g/mol. The highest BCUT2D eigenvalue weighted by Gasteiger charge is 2.21. The van der Waals surface area contributed by atoms with Crippen LogP contribution < -0.4 is 4.74 Å². The molecule has 0 saturated carbocycles. The Morgan fingerprint density at radius 1 is 1.15 bits per heavy atom. The number of aryl methyl sites for hydroxylation is 1. The van der Waals surface area contributed by atoms with Crippen LogP contribution in [0.5, 0.6) is 5.75 Å². The molecule has 1 N–H and O–H groups in total. The van der Waals surface area contributed by atoms with E-state index in [1.165, 1.54) is 0 Å². The molecular weight excluding hydrogens is 332 g/mol. The lowest BCUT2D eigenvalue weighted by atomic mass is 10.0. The van der Waals surface area contributed by atoms with Gasteiger partial charge in [0.2, 0.25) is 0 Å². The predicted octanol–water partition coefficient (Wildman–Crippen LogP) is 3.87. The summed E-state index contributed by atoms with van der Waals surface area (Å²) in [6, 6.07) is 5.96. The van der Waals surface area contributed by atoms with E-state index in [0.29, 0.717) is 37.0 Å². The van der Waals surface area contributed by atoms with Gasteiger partial charge in [-0.15, -0.1) is 0 Å². The molecule has 3 aromatic heterocycles. The highest BCUT2D eigenvalue weighted by molar-refractivity contribution is 6.12. The maximum atomic E-state index is 5.85. The fraction of sp³-hybridized carbons (Fsp3) is 0.316. The van der Waals surface area contributed by atoms with Crippen LogP contribution in [0.15, 0.2) is 28.9 Å². The van der Waals surface area contributed by atoms with E-state index in [0.717, 1.165) is 33.1 Å². The van der Waals surface area contributed by atoms with Gasteiger partial charge in [0.25, 0.3) is 5.89 Å². The molecule has 4 aromatic rings. The smallest absolute Gasteiger partial charge is 0.276 e. The van der Waals surface area contributed by atoms with Crippen molar-refractivity contribution in [3.05, 3.63) is 35.8 Å². The maximum Gasteiger partial charge on any atom is 0.276 e. The van der Waals surface area contributed by atoms with Gasteiger partial charge in [0.15, 0.2) is 5.82 Å². The number of pyridine rings is 1. The SMILES string of the molecule is CCOc1cccc2[nH]c3cnc(-c4nc(CC)no4)c(COC)c3c12. The van der Waals surface area contributed by atoms with Crippen molar-refractivity contribution in [2.45, 2.75) is 26.9 Å². The number of aromatic nitrogens is 4. The minimum Gasteiger partial charge on any atom is -0.493 e. The van der Waals surface area contributed by atoms with Crippen LogP contribution in [-0.4, -0.2) is 33.8 Å². The van der Waals surface area contributed by atoms with E-state index >= 15 is 0 Å². The molecule has 26 heavy (non-hydrogen) atoms. The van der Waals surface area contributed by atoms with Gasteiger partial charge in [0.1, 0.15) is 11.4 Å². The summed E-state index contributed by atoms with van der Waals surface area (Å²) >= 11 is 0. The molecule has 7 nitrogen and oxygen atoms in total. The Morgan fingerprint density at radius 2 is 2.04 bits per heavy atom. The van der Waals surface area contributed by atoms with Crippen molar-refractivity contribution in [1.82, 2.24) is 20.1 Å². The topological polar surface area (TPSA) is 86.1 Å². The summed E-state index contributed by atoms with van der Waals surface area (Å²) in [6.07, 6.45) is 2.49. The van der Waals surface area contributed by atoms with E-state index in [2.05, 4.69) is 20.1 Å². The summed E-state index contributed by atoms with van der Waals surface area (Å²) in [5.41, 5.74) is 3.44. The second-order valence-corrected chi connectivity index (χ2v) is 5.91. The van der Waals surface area contributed by atoms with Crippen molar-refractivity contribution < 1.29 is 14.0 Å². The Balaban J connectivity index is 2.05. The molecule has 1 aromatic carbocycles. The number of nitrogens with one attached hydrogen (secondary N) is 1. The minimum atomic E-state index is 0.372. The lowest BCUT2D eigenvalue weighted by Gasteiger charge is -2.09. The number of ether oxygens (including phenoxy) is 2. The molecule has 0 unspecified atom stereocenters. The number of nitrogens with zero attached hydrogens (tertiary/aromatic N) is 3. The number of hydrogen-bond donors (Lipinski definition) is 1. The first kappa shape index (κ1) is 16.5. The Hall–Kier alpha value is -2.93. The highest BCUT2D eigenvalue weighted by atomic mass is 16.5. The molecule has 7 heteroatoms. The molecule has 0 aliphatic heterocycles. The third-order valence-corrected chi connectivity index (χ3v) is 4.30. The number of benzene rings is 1. The van der Waals surface area contributed by atoms with Crippen LogP contribution in [0.3, 0.4) is 0 Å². The zero-order valence-corrected chi connectivity index (χ0v) is 15.0. The lowest BCUT2D eigenvalue weighted by molar-refractivity contribution is 0.186. The molecule has 0 bridgehead atoms. The lowest BCUT2D eigenvalue weighted by Crippen LogP contribution is -1.98. The highest BCUT2D eigenvalue weighted by Crippen LogP contribution is 2.38. The van der Waals surface area contributed by atoms with E-state index < -0.39 is 0 Å². The summed E-state index contributed by atoms with van der Waals surface area (Å²) < 4.78 is 16.7. The molecule has 0 atom stereocenters. The third-order valence-electron chi connectivity index (χ3n) is 4.30. The first-order valence-electron chi connectivity index (χ1n) is 8.63. The van der Waals surface area contributed by atoms with Gasteiger partial charge in [-0.3, -0.25) is 0 Å². The van der Waals surface area contributed by atoms with Crippen molar-refractivity contribution in [2.75, 3.05) is 13.7 Å². The van der Waals surface area contributed by atoms with E-state index in [1.54, 1.807) is 13.3 Å². The van der Waals surface area contributed by atoms with Crippen LogP contribution in [0.4, 0.5) is 0 Å².